The fourth-order valence-corrected chi connectivity index (χ4v) is 4.28. The highest BCUT2D eigenvalue weighted by molar-refractivity contribution is 5.78. The number of rotatable bonds is 6. The quantitative estimate of drug-likeness (QED) is 0.842. The van der Waals surface area contributed by atoms with E-state index >= 15 is 0 Å². The highest BCUT2D eigenvalue weighted by Gasteiger charge is 2.53. The molecule has 2 aromatic rings. The molecule has 4 heteroatoms. The molecule has 136 valence electrons. The average molecular weight is 350 g/mol. The zero-order chi connectivity index (χ0) is 18.1. The summed E-state index contributed by atoms with van der Waals surface area (Å²) in [5.74, 6) is 2.21. The van der Waals surface area contributed by atoms with E-state index < -0.39 is 0 Å². The molecule has 0 spiro atoms. The van der Waals surface area contributed by atoms with Crippen molar-refractivity contribution in [3.05, 3.63) is 65.2 Å². The summed E-state index contributed by atoms with van der Waals surface area (Å²) in [7, 11) is 1.69. The van der Waals surface area contributed by atoms with E-state index in [9.17, 15) is 4.79 Å². The first-order chi connectivity index (χ1) is 12.7. The molecule has 0 radical (unpaired) electrons. The van der Waals surface area contributed by atoms with Crippen LogP contribution in [0.3, 0.4) is 0 Å². The molecular weight excluding hydrogens is 324 g/mol. The van der Waals surface area contributed by atoms with Gasteiger partial charge in [-0.1, -0.05) is 48.0 Å². The Morgan fingerprint density at radius 2 is 1.92 bits per heavy atom. The summed E-state index contributed by atoms with van der Waals surface area (Å²) in [4.78, 5) is 12.8. The van der Waals surface area contributed by atoms with E-state index in [1.165, 1.54) is 5.56 Å². The van der Waals surface area contributed by atoms with Crippen molar-refractivity contribution < 1.29 is 9.53 Å². The fourth-order valence-electron chi connectivity index (χ4n) is 4.28. The maximum Gasteiger partial charge on any atom is 0.221 e. The lowest BCUT2D eigenvalue weighted by molar-refractivity contribution is -0.121. The zero-order valence-corrected chi connectivity index (χ0v) is 15.4. The number of amides is 1. The largest absolute Gasteiger partial charge is 0.496 e. The van der Waals surface area contributed by atoms with Gasteiger partial charge in [-0.3, -0.25) is 4.79 Å². The molecule has 0 aromatic heterocycles. The van der Waals surface area contributed by atoms with E-state index in [1.54, 1.807) is 7.11 Å². The lowest BCUT2D eigenvalue weighted by atomic mass is 9.87. The Balaban J connectivity index is 1.57. The molecule has 1 aliphatic heterocycles. The summed E-state index contributed by atoms with van der Waals surface area (Å²) in [6.45, 7) is 4.14. The van der Waals surface area contributed by atoms with Crippen LogP contribution in [0.5, 0.6) is 5.75 Å². The number of piperidine rings is 1. The van der Waals surface area contributed by atoms with E-state index in [1.807, 2.05) is 30.3 Å². The molecule has 2 unspecified atom stereocenters. The van der Waals surface area contributed by atoms with Crippen molar-refractivity contribution in [2.75, 3.05) is 20.2 Å². The molecule has 2 aliphatic rings. The zero-order valence-electron chi connectivity index (χ0n) is 15.4. The maximum absolute atomic E-state index is 12.8. The molecule has 4 nitrogen and oxygen atoms in total. The third kappa shape index (κ3) is 3.34. The van der Waals surface area contributed by atoms with Crippen molar-refractivity contribution in [2.24, 2.45) is 11.8 Å². The molecule has 26 heavy (non-hydrogen) atoms. The molecule has 2 fully saturated rings. The summed E-state index contributed by atoms with van der Waals surface area (Å²) in [5, 5.41) is 6.63. The number of hydrogen-bond acceptors (Lipinski definition) is 3. The van der Waals surface area contributed by atoms with Crippen LogP contribution in [0, 0.1) is 18.8 Å². The van der Waals surface area contributed by atoms with Gasteiger partial charge in [0.2, 0.25) is 5.91 Å². The summed E-state index contributed by atoms with van der Waals surface area (Å²) >= 11 is 0. The number of carbonyl (C=O) groups is 1. The van der Waals surface area contributed by atoms with Gasteiger partial charge in [0.25, 0.3) is 0 Å². The molecule has 0 bridgehead atoms. The van der Waals surface area contributed by atoms with Crippen molar-refractivity contribution in [3.8, 4) is 5.75 Å². The minimum absolute atomic E-state index is 0.0113. The number of benzene rings is 2. The van der Waals surface area contributed by atoms with Crippen molar-refractivity contribution in [2.45, 2.75) is 25.3 Å². The van der Waals surface area contributed by atoms with Crippen LogP contribution in [-0.4, -0.2) is 32.1 Å². The van der Waals surface area contributed by atoms with Gasteiger partial charge in [-0.05, 0) is 30.4 Å². The molecule has 1 saturated heterocycles. The number of fused-ring (bicyclic) bond motifs is 1. The molecule has 4 atom stereocenters. The SMILES string of the molecule is COc1ccc(C)cc1C(CC(=O)NC1[C@H]2CNC[C@@H]12)c1ccccc1. The monoisotopic (exact) mass is 350 g/mol. The fraction of sp³-hybridized carbons (Fsp3) is 0.409. The minimum atomic E-state index is -0.0113. The molecule has 1 aliphatic carbocycles. The van der Waals surface area contributed by atoms with Gasteiger partial charge in [0.15, 0.2) is 0 Å². The van der Waals surface area contributed by atoms with E-state index in [4.69, 9.17) is 4.74 Å². The van der Waals surface area contributed by atoms with Crippen molar-refractivity contribution >= 4 is 5.91 Å². The Morgan fingerprint density at radius 3 is 2.62 bits per heavy atom. The second-order valence-corrected chi connectivity index (χ2v) is 7.49. The molecule has 1 heterocycles. The Hall–Kier alpha value is -2.33. The first-order valence-electron chi connectivity index (χ1n) is 9.37. The van der Waals surface area contributed by atoms with Gasteiger partial charge in [-0.25, -0.2) is 0 Å². The smallest absolute Gasteiger partial charge is 0.221 e. The van der Waals surface area contributed by atoms with Crippen molar-refractivity contribution in [1.82, 2.24) is 10.6 Å². The van der Waals surface area contributed by atoms with Crippen LogP contribution >= 0.6 is 0 Å². The minimum Gasteiger partial charge on any atom is -0.496 e. The van der Waals surface area contributed by atoms with Gasteiger partial charge < -0.3 is 15.4 Å². The van der Waals surface area contributed by atoms with Crippen LogP contribution in [-0.2, 0) is 4.79 Å². The Kier molecular flexibility index (Phi) is 4.68. The molecule has 2 aromatic carbocycles. The van der Waals surface area contributed by atoms with Crippen LogP contribution in [0.1, 0.15) is 29.0 Å². The lowest BCUT2D eigenvalue weighted by Crippen LogP contribution is -2.33. The van der Waals surface area contributed by atoms with E-state index in [2.05, 4.69) is 35.8 Å². The van der Waals surface area contributed by atoms with Gasteiger partial charge in [-0.15, -0.1) is 0 Å². The van der Waals surface area contributed by atoms with Gasteiger partial charge >= 0.3 is 0 Å². The summed E-state index contributed by atoms with van der Waals surface area (Å²) in [6, 6.07) is 16.8. The van der Waals surface area contributed by atoms with E-state index in [-0.39, 0.29) is 11.8 Å². The number of methoxy groups -OCH3 is 1. The van der Waals surface area contributed by atoms with Crippen molar-refractivity contribution in [3.63, 3.8) is 0 Å². The predicted molar refractivity (Wildman–Crippen MR) is 102 cm³/mol. The number of nitrogens with one attached hydrogen (secondary N) is 2. The number of hydrogen-bond donors (Lipinski definition) is 2. The highest BCUT2D eigenvalue weighted by Crippen LogP contribution is 2.42. The topological polar surface area (TPSA) is 50.4 Å². The third-order valence-electron chi connectivity index (χ3n) is 5.77. The van der Waals surface area contributed by atoms with Crippen LogP contribution in [0.2, 0.25) is 0 Å². The second-order valence-electron chi connectivity index (χ2n) is 7.49. The Bertz CT molecular complexity index is 780. The van der Waals surface area contributed by atoms with Crippen LogP contribution < -0.4 is 15.4 Å². The lowest BCUT2D eigenvalue weighted by Gasteiger charge is -2.21. The van der Waals surface area contributed by atoms with Gasteiger partial charge in [0.1, 0.15) is 5.75 Å². The standard InChI is InChI=1S/C22H26N2O2/c1-14-8-9-20(26-2)17(10-14)16(15-6-4-3-5-7-15)11-21(25)24-22-18-12-23-13-19(18)22/h3-10,16,18-19,22-23H,11-13H2,1-2H3,(H,24,25)/t16?,18-,19+,22?. The number of ether oxygens (including phenoxy) is 1. The van der Waals surface area contributed by atoms with Crippen LogP contribution in [0.15, 0.2) is 48.5 Å². The van der Waals surface area contributed by atoms with Gasteiger partial charge in [0, 0.05) is 37.0 Å². The van der Waals surface area contributed by atoms with E-state index in [0.717, 1.165) is 30.0 Å². The summed E-state index contributed by atoms with van der Waals surface area (Å²) in [6.07, 6.45) is 0.438. The van der Waals surface area contributed by atoms with E-state index in [0.29, 0.717) is 24.3 Å². The Labute approximate surface area is 155 Å². The number of carbonyl (C=O) groups excluding carboxylic acids is 1. The average Bonchev–Trinajstić information content (AvgIpc) is 3.07. The van der Waals surface area contributed by atoms with Crippen molar-refractivity contribution in [1.29, 1.82) is 0 Å². The second kappa shape index (κ2) is 7.12. The maximum atomic E-state index is 12.8. The highest BCUT2D eigenvalue weighted by atomic mass is 16.5. The van der Waals surface area contributed by atoms with Crippen LogP contribution in [0.25, 0.3) is 0 Å². The molecular formula is C22H26N2O2. The number of aryl methyl sites for hydroxylation is 1. The third-order valence-corrected chi connectivity index (χ3v) is 5.77. The molecule has 1 amide bonds. The Morgan fingerprint density at radius 1 is 1.19 bits per heavy atom. The first-order valence-corrected chi connectivity index (χ1v) is 9.37. The molecule has 1 saturated carbocycles. The summed E-state index contributed by atoms with van der Waals surface area (Å²) < 4.78 is 5.60. The van der Waals surface area contributed by atoms with Crippen LogP contribution in [0.4, 0.5) is 0 Å². The molecule has 2 N–H and O–H groups in total. The predicted octanol–water partition coefficient (Wildman–Crippen LogP) is 2.86. The van der Waals surface area contributed by atoms with Gasteiger partial charge in [0.05, 0.1) is 7.11 Å². The normalized spacial score (nSPS) is 24.6. The first kappa shape index (κ1) is 17.1. The van der Waals surface area contributed by atoms with Gasteiger partial charge in [-0.2, -0.15) is 0 Å². The summed E-state index contributed by atoms with van der Waals surface area (Å²) in [5.41, 5.74) is 3.39. The molecule has 4 rings (SSSR count).